The summed E-state index contributed by atoms with van der Waals surface area (Å²) in [7, 11) is 0. The Morgan fingerprint density at radius 1 is 0.108 bits per heavy atom. The molecule has 6 aromatic heterocycles. The third kappa shape index (κ3) is 8.35. The van der Waals surface area contributed by atoms with Crippen molar-refractivity contribution in [3.63, 3.8) is 0 Å². The van der Waals surface area contributed by atoms with Crippen LogP contribution >= 0.6 is 0 Å². The molecule has 0 radical (unpaired) electrons. The molecule has 0 fully saturated rings. The van der Waals surface area contributed by atoms with Crippen molar-refractivity contribution in [1.29, 1.82) is 0 Å². The second kappa shape index (κ2) is 21.9. The topological polar surface area (TPSA) is 29.6 Å². The van der Waals surface area contributed by atoms with Gasteiger partial charge in [0.1, 0.15) is 0 Å². The smallest absolute Gasteiger partial charge is 0.0542 e. The Balaban J connectivity index is 0.666. The van der Waals surface area contributed by atoms with Crippen LogP contribution in [0.1, 0.15) is 0 Å². The van der Waals surface area contributed by atoms with E-state index in [0.717, 1.165) is 83.9 Å². The molecule has 0 atom stereocenters. The molecular formula is C96H60N6. The first-order valence-corrected chi connectivity index (χ1v) is 35.1. The predicted molar refractivity (Wildman–Crippen MR) is 429 cm³/mol. The van der Waals surface area contributed by atoms with Gasteiger partial charge < -0.3 is 27.4 Å². The maximum Gasteiger partial charge on any atom is 0.0542 e. The zero-order chi connectivity index (χ0) is 66.7. The molecule has 0 aliphatic heterocycles. The Kier molecular flexibility index (Phi) is 12.1. The van der Waals surface area contributed by atoms with Crippen molar-refractivity contribution in [2.75, 3.05) is 0 Å². The van der Waals surface area contributed by atoms with Gasteiger partial charge in [-0.25, -0.2) is 0 Å². The lowest BCUT2D eigenvalue weighted by molar-refractivity contribution is 1.16. The van der Waals surface area contributed by atoms with Gasteiger partial charge in [0.25, 0.3) is 0 Å². The number of benzene rings is 16. The average molecular weight is 1300 g/mol. The predicted octanol–water partition coefficient (Wildman–Crippen LogP) is 25.3. The van der Waals surface area contributed by atoms with Gasteiger partial charge in [-0.05, 0) is 191 Å². The first kappa shape index (κ1) is 56.3. The second-order valence-electron chi connectivity index (χ2n) is 27.2. The van der Waals surface area contributed by atoms with Crippen LogP contribution in [0.5, 0.6) is 0 Å². The Bertz CT molecular complexity index is 6910. The highest BCUT2D eigenvalue weighted by Gasteiger charge is 2.23. The highest BCUT2D eigenvalue weighted by atomic mass is 15.0. The molecule has 22 aromatic rings. The summed E-state index contributed by atoms with van der Waals surface area (Å²) in [6, 6.07) is 135. The molecule has 6 nitrogen and oxygen atoms in total. The van der Waals surface area contributed by atoms with E-state index >= 15 is 0 Å². The lowest BCUT2D eigenvalue weighted by atomic mass is 9.97. The van der Waals surface area contributed by atoms with E-state index in [-0.39, 0.29) is 0 Å². The number of fused-ring (bicyclic) bond motifs is 18. The van der Waals surface area contributed by atoms with E-state index in [2.05, 4.69) is 391 Å². The summed E-state index contributed by atoms with van der Waals surface area (Å²) < 4.78 is 14.7. The summed E-state index contributed by atoms with van der Waals surface area (Å²) in [4.78, 5) is 0. The molecule has 6 heterocycles. The number of para-hydroxylation sites is 7. The van der Waals surface area contributed by atoms with Crippen molar-refractivity contribution < 1.29 is 0 Å². The van der Waals surface area contributed by atoms with Gasteiger partial charge in [0, 0.05) is 98.8 Å². The Hall–Kier alpha value is -13.7. The minimum Gasteiger partial charge on any atom is -0.309 e. The highest BCUT2D eigenvalue weighted by Crippen LogP contribution is 2.44. The van der Waals surface area contributed by atoms with E-state index in [0.29, 0.717) is 0 Å². The van der Waals surface area contributed by atoms with Crippen molar-refractivity contribution in [2.45, 2.75) is 0 Å². The summed E-state index contributed by atoms with van der Waals surface area (Å²) >= 11 is 0. The first-order chi connectivity index (χ1) is 50.6. The fourth-order valence-electron chi connectivity index (χ4n) is 17.3. The number of aromatic nitrogens is 6. The molecule has 0 spiro atoms. The van der Waals surface area contributed by atoms with Crippen molar-refractivity contribution in [2.24, 2.45) is 0 Å². The first-order valence-electron chi connectivity index (χ1n) is 35.1. The summed E-state index contributed by atoms with van der Waals surface area (Å²) in [6.07, 6.45) is 0. The molecule has 0 saturated carbocycles. The molecule has 22 rings (SSSR count). The van der Waals surface area contributed by atoms with Crippen molar-refractivity contribution in [3.05, 3.63) is 364 Å². The summed E-state index contributed by atoms with van der Waals surface area (Å²) in [6.45, 7) is 0. The lowest BCUT2D eigenvalue weighted by Crippen LogP contribution is -1.97. The molecule has 0 aliphatic carbocycles. The van der Waals surface area contributed by atoms with Gasteiger partial charge in [-0.3, -0.25) is 0 Å². The van der Waals surface area contributed by atoms with Crippen molar-refractivity contribution >= 4 is 131 Å². The number of rotatable bonds is 9. The Morgan fingerprint density at radius 3 is 0.686 bits per heavy atom. The Morgan fingerprint density at radius 2 is 0.324 bits per heavy atom. The van der Waals surface area contributed by atoms with E-state index < -0.39 is 0 Å². The third-order valence-electron chi connectivity index (χ3n) is 21.8. The summed E-state index contributed by atoms with van der Waals surface area (Å²) in [5.74, 6) is 0. The van der Waals surface area contributed by atoms with Gasteiger partial charge in [0.05, 0.1) is 66.2 Å². The van der Waals surface area contributed by atoms with Crippen LogP contribution in [0.25, 0.3) is 198 Å². The fourth-order valence-corrected chi connectivity index (χ4v) is 17.3. The quantitative estimate of drug-likeness (QED) is 0.138. The van der Waals surface area contributed by atoms with Crippen LogP contribution in [0.4, 0.5) is 0 Å². The molecule has 6 heteroatoms. The van der Waals surface area contributed by atoms with E-state index in [9.17, 15) is 0 Å². The molecule has 102 heavy (non-hydrogen) atoms. The van der Waals surface area contributed by atoms with Crippen LogP contribution in [0.3, 0.4) is 0 Å². The monoisotopic (exact) mass is 1300 g/mol. The number of nitrogens with zero attached hydrogens (tertiary/aromatic N) is 6. The zero-order valence-corrected chi connectivity index (χ0v) is 55.3. The maximum absolute atomic E-state index is 2.47. The molecule has 474 valence electrons. The van der Waals surface area contributed by atoms with Gasteiger partial charge >= 0.3 is 0 Å². The molecule has 16 aromatic carbocycles. The van der Waals surface area contributed by atoms with Crippen LogP contribution in [0.15, 0.2) is 364 Å². The minimum atomic E-state index is 1.10. The van der Waals surface area contributed by atoms with Crippen LogP contribution in [-0.2, 0) is 0 Å². The number of hydrogen-bond donors (Lipinski definition) is 0. The fraction of sp³-hybridized carbons (Fsp3) is 0. The van der Waals surface area contributed by atoms with Crippen LogP contribution in [0.2, 0.25) is 0 Å². The van der Waals surface area contributed by atoms with Gasteiger partial charge in [0.15, 0.2) is 0 Å². The minimum absolute atomic E-state index is 1.10. The lowest BCUT2D eigenvalue weighted by Gasteiger charge is -2.13. The van der Waals surface area contributed by atoms with Crippen LogP contribution in [-0.4, -0.2) is 27.4 Å². The van der Waals surface area contributed by atoms with Crippen molar-refractivity contribution in [1.82, 2.24) is 27.4 Å². The molecule has 0 aliphatic rings. The Labute approximate surface area is 586 Å². The molecule has 0 unspecified atom stereocenters. The number of hydrogen-bond acceptors (Lipinski definition) is 0. The normalized spacial score (nSPS) is 12.1. The SMILES string of the molecule is c1ccc(-c2ccc(-n3c4ccc(-n5c6ccccc6c6ccccc65)cc4c4cc(-n5c6ccccc6c6cc(-c7cccc(-c8cccc(-n9c%10ccc(-n%11c%12ccccc%12c%12ccccc%12%11)cc%10c%10cc(-n%11c%12ccccc%12c%12ccccc%12%11)ccc%109)c8)c7)ccc65)ccc43)cc2)cc1. The summed E-state index contributed by atoms with van der Waals surface area (Å²) in [5, 5.41) is 14.7. The molecular weight excluding hydrogens is 1240 g/mol. The van der Waals surface area contributed by atoms with Crippen molar-refractivity contribution in [3.8, 4) is 67.5 Å². The van der Waals surface area contributed by atoms with Gasteiger partial charge in [-0.1, -0.05) is 206 Å². The van der Waals surface area contributed by atoms with Gasteiger partial charge in [-0.15, -0.1) is 0 Å². The molecule has 0 saturated heterocycles. The van der Waals surface area contributed by atoms with E-state index in [1.54, 1.807) is 0 Å². The van der Waals surface area contributed by atoms with Gasteiger partial charge in [-0.2, -0.15) is 0 Å². The standard InChI is InChI=1S/C96H60N6/c1-2-20-61(21-3-1)62-40-43-67(44-41-62)97-93-50-45-69(99-85-33-11-4-26-73(85)74-27-5-12-34-86(74)99)57-81(93)82-60-72(46-51-94(82)97)102-91-39-17-10-32-79(91)80-56-66(42-49-92(80)102)64-23-18-22-63(54-64)65-24-19-25-68(55-65)98-95-52-47-70(100-87-35-13-6-28-75(87)76-29-7-14-36-88(76)100)58-83(95)84-59-71(48-53-96(84)98)101-89-37-15-8-30-77(89)78-31-9-16-38-90(78)101/h1-60H. The maximum atomic E-state index is 2.47. The highest BCUT2D eigenvalue weighted by molar-refractivity contribution is 6.17. The average Bonchev–Trinajstić information content (AvgIpc) is 1.57. The molecule has 0 N–H and O–H groups in total. The molecule has 0 amide bonds. The third-order valence-corrected chi connectivity index (χ3v) is 21.8. The van der Waals surface area contributed by atoms with Gasteiger partial charge in [0.2, 0.25) is 0 Å². The largest absolute Gasteiger partial charge is 0.309 e. The zero-order valence-electron chi connectivity index (χ0n) is 55.3. The van der Waals surface area contributed by atoms with E-state index in [1.165, 1.54) is 114 Å². The second-order valence-corrected chi connectivity index (χ2v) is 27.2. The molecule has 0 bridgehead atoms. The van der Waals surface area contributed by atoms with E-state index in [1.807, 2.05) is 0 Å². The van der Waals surface area contributed by atoms with Crippen LogP contribution < -0.4 is 0 Å². The van der Waals surface area contributed by atoms with E-state index in [4.69, 9.17) is 0 Å². The summed E-state index contributed by atoms with van der Waals surface area (Å²) in [5.41, 5.74) is 27.8. The van der Waals surface area contributed by atoms with Crippen LogP contribution in [0, 0.1) is 0 Å².